The van der Waals surface area contributed by atoms with Crippen LogP contribution < -0.4 is 5.32 Å². The lowest BCUT2D eigenvalue weighted by atomic mass is 9.98. The molecule has 2 aliphatic rings. The molecule has 2 aliphatic heterocycles. The fourth-order valence-corrected chi connectivity index (χ4v) is 5.54. The van der Waals surface area contributed by atoms with E-state index in [1.165, 1.54) is 0 Å². The van der Waals surface area contributed by atoms with Gasteiger partial charge in [-0.15, -0.1) is 0 Å². The van der Waals surface area contributed by atoms with Crippen molar-refractivity contribution in [2.24, 2.45) is 0 Å². The van der Waals surface area contributed by atoms with E-state index in [2.05, 4.69) is 38.8 Å². The molecule has 2 unspecified atom stereocenters. The summed E-state index contributed by atoms with van der Waals surface area (Å²) in [5, 5.41) is 4.14. The lowest BCUT2D eigenvalue weighted by Gasteiger charge is -2.29. The second-order valence-corrected chi connectivity index (χ2v) is 9.30. The number of aryl methyl sites for hydroxylation is 1. The van der Waals surface area contributed by atoms with E-state index < -0.39 is 0 Å². The number of carbonyl (C=O) groups is 1. The Bertz CT molecular complexity index is 1100. The third-order valence-corrected chi connectivity index (χ3v) is 7.23. The van der Waals surface area contributed by atoms with Gasteiger partial charge in [-0.3, -0.25) is 9.69 Å². The van der Waals surface area contributed by atoms with Crippen LogP contribution >= 0.6 is 11.6 Å². The summed E-state index contributed by atoms with van der Waals surface area (Å²) < 4.78 is 2.21. The van der Waals surface area contributed by atoms with Gasteiger partial charge >= 0.3 is 0 Å². The number of halogens is 1. The molecule has 1 aromatic heterocycles. The third kappa shape index (κ3) is 3.79. The first kappa shape index (κ1) is 20.7. The van der Waals surface area contributed by atoms with E-state index in [-0.39, 0.29) is 17.9 Å². The van der Waals surface area contributed by atoms with E-state index in [9.17, 15) is 4.79 Å². The summed E-state index contributed by atoms with van der Waals surface area (Å²) >= 11 is 6.24. The van der Waals surface area contributed by atoms with Gasteiger partial charge in [0.25, 0.3) is 0 Å². The van der Waals surface area contributed by atoms with Gasteiger partial charge in [0.15, 0.2) is 5.78 Å². The lowest BCUT2D eigenvalue weighted by molar-refractivity contribution is 0.0826. The molecule has 3 atom stereocenters. The second kappa shape index (κ2) is 8.38. The van der Waals surface area contributed by atoms with Crippen LogP contribution in [0.5, 0.6) is 0 Å². The van der Waals surface area contributed by atoms with Crippen LogP contribution in [0.4, 0.5) is 0 Å². The Morgan fingerprint density at radius 3 is 2.74 bits per heavy atom. The monoisotopic (exact) mass is 436 g/mol. The van der Waals surface area contributed by atoms with Crippen LogP contribution in [0.2, 0.25) is 5.02 Å². The van der Waals surface area contributed by atoms with Gasteiger partial charge in [0.1, 0.15) is 5.82 Å². The Morgan fingerprint density at radius 2 is 2.00 bits per heavy atom. The second-order valence-electron chi connectivity index (χ2n) is 8.87. The molecule has 0 bridgehead atoms. The van der Waals surface area contributed by atoms with E-state index in [0.29, 0.717) is 11.1 Å². The summed E-state index contributed by atoms with van der Waals surface area (Å²) in [5.74, 6) is 1.22. The first-order chi connectivity index (χ1) is 15.0. The summed E-state index contributed by atoms with van der Waals surface area (Å²) in [6.45, 7) is 7.28. The number of ketones is 1. The van der Waals surface area contributed by atoms with Crippen LogP contribution in [0.25, 0.3) is 11.0 Å². The first-order valence-electron chi connectivity index (χ1n) is 11.3. The van der Waals surface area contributed by atoms with Crippen LogP contribution in [0.15, 0.2) is 42.5 Å². The zero-order valence-electron chi connectivity index (χ0n) is 18.1. The topological polar surface area (TPSA) is 50.2 Å². The van der Waals surface area contributed by atoms with Crippen LogP contribution in [-0.2, 0) is 0 Å². The van der Waals surface area contributed by atoms with Crippen molar-refractivity contribution in [1.82, 2.24) is 19.8 Å². The molecule has 0 spiro atoms. The van der Waals surface area contributed by atoms with Crippen molar-refractivity contribution in [3.05, 3.63) is 64.4 Å². The van der Waals surface area contributed by atoms with Gasteiger partial charge in [0.2, 0.25) is 0 Å². The number of hydrogen-bond donors (Lipinski definition) is 1. The van der Waals surface area contributed by atoms with E-state index >= 15 is 0 Å². The maximum atomic E-state index is 13.3. The molecule has 0 saturated carbocycles. The number of imidazole rings is 1. The molecule has 3 aromatic rings. The van der Waals surface area contributed by atoms with E-state index in [0.717, 1.165) is 66.9 Å². The van der Waals surface area contributed by atoms with Crippen molar-refractivity contribution in [1.29, 1.82) is 0 Å². The van der Waals surface area contributed by atoms with Crippen LogP contribution in [0.3, 0.4) is 0 Å². The normalized spacial score (nSPS) is 22.9. The number of Topliss-reactive ketones (excluding diaryl/α,β-unsaturated/α-hetero) is 1. The minimum Gasteiger partial charge on any atom is -0.321 e. The molecule has 162 valence electrons. The number of fused-ring (bicyclic) bond motifs is 1. The Kier molecular flexibility index (Phi) is 5.59. The number of rotatable bonds is 5. The predicted octanol–water partition coefficient (Wildman–Crippen LogP) is 4.62. The Morgan fingerprint density at radius 1 is 1.19 bits per heavy atom. The smallest absolute Gasteiger partial charge is 0.179 e. The van der Waals surface area contributed by atoms with Crippen LogP contribution in [0.1, 0.15) is 54.0 Å². The third-order valence-electron chi connectivity index (χ3n) is 6.99. The van der Waals surface area contributed by atoms with Gasteiger partial charge in [0, 0.05) is 23.2 Å². The molecule has 0 amide bonds. The van der Waals surface area contributed by atoms with E-state index in [1.54, 1.807) is 0 Å². The average Bonchev–Trinajstić information content (AvgIpc) is 3.52. The molecular weight excluding hydrogens is 408 g/mol. The Balaban J connectivity index is 1.38. The predicted molar refractivity (Wildman–Crippen MR) is 125 cm³/mol. The minimum absolute atomic E-state index is 0.0233. The molecule has 0 aliphatic carbocycles. The average molecular weight is 437 g/mol. The number of carbonyl (C=O) groups excluding carboxylic acids is 1. The standard InChI is InChI=1S/C25H29ClN4O/c1-16(30-17(2)28-22-10-9-20(26)14-24(22)30)18-5-7-19(8-6-18)25(31)23-4-3-13-29(23)21-11-12-27-15-21/h5-10,14,16,21,23,27H,3-4,11-13,15H2,1-2H3/t16-,21?,23?/m0/s1. The zero-order valence-corrected chi connectivity index (χ0v) is 18.9. The largest absolute Gasteiger partial charge is 0.321 e. The first-order valence-corrected chi connectivity index (χ1v) is 11.7. The zero-order chi connectivity index (χ0) is 21.5. The highest BCUT2D eigenvalue weighted by molar-refractivity contribution is 6.31. The lowest BCUT2D eigenvalue weighted by Crippen LogP contribution is -2.44. The van der Waals surface area contributed by atoms with Crippen molar-refractivity contribution in [2.45, 2.75) is 51.2 Å². The van der Waals surface area contributed by atoms with Gasteiger partial charge in [-0.25, -0.2) is 4.98 Å². The highest BCUT2D eigenvalue weighted by atomic mass is 35.5. The summed E-state index contributed by atoms with van der Waals surface area (Å²) in [6.07, 6.45) is 3.22. The molecule has 2 aromatic carbocycles. The van der Waals surface area contributed by atoms with Crippen molar-refractivity contribution < 1.29 is 4.79 Å². The molecule has 5 rings (SSSR count). The Labute approximate surface area is 188 Å². The van der Waals surface area contributed by atoms with Crippen LogP contribution in [-0.4, -0.2) is 52.0 Å². The molecule has 2 fully saturated rings. The number of nitrogens with zero attached hydrogens (tertiary/aromatic N) is 3. The van der Waals surface area contributed by atoms with Crippen molar-refractivity contribution in [3.8, 4) is 0 Å². The highest BCUT2D eigenvalue weighted by Gasteiger charge is 2.36. The summed E-state index contributed by atoms with van der Waals surface area (Å²) in [4.78, 5) is 20.4. The number of aromatic nitrogens is 2. The molecular formula is C25H29ClN4O. The number of hydrogen-bond acceptors (Lipinski definition) is 4. The number of likely N-dealkylation sites (tertiary alicyclic amines) is 1. The maximum absolute atomic E-state index is 13.3. The molecule has 31 heavy (non-hydrogen) atoms. The van der Waals surface area contributed by atoms with Crippen LogP contribution in [0, 0.1) is 6.92 Å². The molecule has 3 heterocycles. The van der Waals surface area contributed by atoms with Gasteiger partial charge in [-0.1, -0.05) is 35.9 Å². The van der Waals surface area contributed by atoms with E-state index in [1.807, 2.05) is 37.3 Å². The molecule has 2 saturated heterocycles. The Hall–Kier alpha value is -2.21. The van der Waals surface area contributed by atoms with Crippen molar-refractivity contribution >= 4 is 28.4 Å². The summed E-state index contributed by atoms with van der Waals surface area (Å²) in [5.41, 5.74) is 3.95. The quantitative estimate of drug-likeness (QED) is 0.593. The van der Waals surface area contributed by atoms with Gasteiger partial charge in [-0.2, -0.15) is 0 Å². The minimum atomic E-state index is 0.0233. The SMILES string of the molecule is Cc1nc2ccc(Cl)cc2n1[C@@H](C)c1ccc(C(=O)C2CCCN2C2CCNC2)cc1. The van der Waals surface area contributed by atoms with Gasteiger partial charge in [0.05, 0.1) is 23.1 Å². The fourth-order valence-electron chi connectivity index (χ4n) is 5.37. The maximum Gasteiger partial charge on any atom is 0.179 e. The highest BCUT2D eigenvalue weighted by Crippen LogP contribution is 2.29. The number of benzene rings is 2. The molecule has 0 radical (unpaired) electrons. The number of nitrogens with one attached hydrogen (secondary N) is 1. The van der Waals surface area contributed by atoms with Crippen molar-refractivity contribution in [3.63, 3.8) is 0 Å². The molecule has 5 nitrogen and oxygen atoms in total. The van der Waals surface area contributed by atoms with E-state index in [4.69, 9.17) is 11.6 Å². The molecule has 6 heteroatoms. The van der Waals surface area contributed by atoms with Gasteiger partial charge in [-0.05, 0) is 70.0 Å². The van der Waals surface area contributed by atoms with Crippen molar-refractivity contribution in [2.75, 3.05) is 19.6 Å². The summed E-state index contributed by atoms with van der Waals surface area (Å²) in [6, 6.07) is 14.6. The summed E-state index contributed by atoms with van der Waals surface area (Å²) in [7, 11) is 0. The molecule has 1 N–H and O–H groups in total. The fraction of sp³-hybridized carbons (Fsp3) is 0.440. The van der Waals surface area contributed by atoms with Gasteiger partial charge < -0.3 is 9.88 Å².